The van der Waals surface area contributed by atoms with Gasteiger partial charge < -0.3 is 4.90 Å². The van der Waals surface area contributed by atoms with Crippen LogP contribution in [0.25, 0.3) is 0 Å². The molecule has 0 aromatic heterocycles. The molecule has 1 heterocycles. The van der Waals surface area contributed by atoms with Crippen LogP contribution in [0.4, 0.5) is 0 Å². The fraction of sp³-hybridized carbons (Fsp3) is 0.600. The van der Waals surface area contributed by atoms with E-state index in [0.29, 0.717) is 0 Å². The first-order valence-electron chi connectivity index (χ1n) is 6.56. The van der Waals surface area contributed by atoms with Crippen LogP contribution in [0.2, 0.25) is 0 Å². The summed E-state index contributed by atoms with van der Waals surface area (Å²) in [7, 11) is 0. The fourth-order valence-electron chi connectivity index (χ4n) is 2.76. The summed E-state index contributed by atoms with van der Waals surface area (Å²) < 4.78 is 0. The summed E-state index contributed by atoms with van der Waals surface area (Å²) in [6, 6.07) is 8.83. The molecule has 0 spiro atoms. The Bertz CT molecular complexity index is 332. The van der Waals surface area contributed by atoms with Crippen molar-refractivity contribution < 1.29 is 0 Å². The van der Waals surface area contributed by atoms with Crippen molar-refractivity contribution in [2.24, 2.45) is 5.92 Å². The number of hydrogen-bond acceptors (Lipinski definition) is 1. The van der Waals surface area contributed by atoms with E-state index in [4.69, 9.17) is 0 Å². The van der Waals surface area contributed by atoms with Gasteiger partial charge in [-0.3, -0.25) is 0 Å². The number of aryl methyl sites for hydroxylation is 1. The summed E-state index contributed by atoms with van der Waals surface area (Å²) in [5, 5.41) is 0. The average molecular weight is 217 g/mol. The van der Waals surface area contributed by atoms with Crippen molar-refractivity contribution in [3.8, 4) is 0 Å². The maximum absolute atomic E-state index is 2.59. The van der Waals surface area contributed by atoms with Gasteiger partial charge in [-0.2, -0.15) is 0 Å². The zero-order chi connectivity index (χ0) is 11.4. The Morgan fingerprint density at radius 3 is 2.88 bits per heavy atom. The molecular formula is C15H23N. The van der Waals surface area contributed by atoms with Crippen LogP contribution in [-0.4, -0.2) is 24.5 Å². The molecule has 1 atom stereocenters. The first-order chi connectivity index (χ1) is 7.79. The van der Waals surface area contributed by atoms with E-state index in [9.17, 15) is 0 Å². The molecule has 1 unspecified atom stereocenters. The minimum atomic E-state index is 0.870. The molecule has 88 valence electrons. The van der Waals surface area contributed by atoms with Crippen LogP contribution >= 0.6 is 0 Å². The number of likely N-dealkylation sites (tertiary alicyclic amines) is 1. The van der Waals surface area contributed by atoms with Gasteiger partial charge >= 0.3 is 0 Å². The van der Waals surface area contributed by atoms with Gasteiger partial charge in [-0.25, -0.2) is 0 Å². The van der Waals surface area contributed by atoms with E-state index in [1.54, 1.807) is 5.56 Å². The summed E-state index contributed by atoms with van der Waals surface area (Å²) in [6.45, 7) is 8.32. The molecule has 0 amide bonds. The van der Waals surface area contributed by atoms with Gasteiger partial charge in [-0.15, -0.1) is 0 Å². The van der Waals surface area contributed by atoms with Gasteiger partial charge in [0.1, 0.15) is 0 Å². The van der Waals surface area contributed by atoms with Gasteiger partial charge in [0.05, 0.1) is 0 Å². The van der Waals surface area contributed by atoms with Crippen molar-refractivity contribution in [3.63, 3.8) is 0 Å². The van der Waals surface area contributed by atoms with E-state index in [0.717, 1.165) is 5.92 Å². The number of piperidine rings is 1. The van der Waals surface area contributed by atoms with Crippen LogP contribution in [0.15, 0.2) is 24.3 Å². The second-order valence-corrected chi connectivity index (χ2v) is 5.03. The highest BCUT2D eigenvalue weighted by atomic mass is 15.1. The predicted molar refractivity (Wildman–Crippen MR) is 69.7 cm³/mol. The maximum Gasteiger partial charge on any atom is 0.00127 e. The molecule has 1 aliphatic rings. The van der Waals surface area contributed by atoms with E-state index in [-0.39, 0.29) is 0 Å². The standard InChI is InChI=1S/C15H23N/c1-3-16-10-6-8-14(12-16)11-15-9-5-4-7-13(15)2/h4-5,7,9,14H,3,6,8,10-12H2,1-2H3. The number of hydrogen-bond donors (Lipinski definition) is 0. The van der Waals surface area contributed by atoms with Gasteiger partial charge in [-0.05, 0) is 56.3 Å². The largest absolute Gasteiger partial charge is 0.303 e. The lowest BCUT2D eigenvalue weighted by Gasteiger charge is -2.32. The molecule has 2 rings (SSSR count). The molecule has 0 aliphatic carbocycles. The molecule has 1 aromatic rings. The van der Waals surface area contributed by atoms with Gasteiger partial charge in [0, 0.05) is 6.54 Å². The van der Waals surface area contributed by atoms with Gasteiger partial charge in [0.25, 0.3) is 0 Å². The molecule has 0 bridgehead atoms. The van der Waals surface area contributed by atoms with E-state index in [2.05, 4.69) is 43.0 Å². The Kier molecular flexibility index (Phi) is 4.00. The second-order valence-electron chi connectivity index (χ2n) is 5.03. The van der Waals surface area contributed by atoms with E-state index in [1.165, 1.54) is 44.5 Å². The third-order valence-corrected chi connectivity index (χ3v) is 3.82. The van der Waals surface area contributed by atoms with Crippen molar-refractivity contribution in [3.05, 3.63) is 35.4 Å². The van der Waals surface area contributed by atoms with Crippen molar-refractivity contribution in [2.45, 2.75) is 33.1 Å². The fourth-order valence-corrected chi connectivity index (χ4v) is 2.76. The highest BCUT2D eigenvalue weighted by Gasteiger charge is 2.19. The molecule has 1 saturated heterocycles. The zero-order valence-corrected chi connectivity index (χ0v) is 10.6. The summed E-state index contributed by atoms with van der Waals surface area (Å²) in [4.78, 5) is 2.59. The first kappa shape index (κ1) is 11.7. The summed E-state index contributed by atoms with van der Waals surface area (Å²) in [5.41, 5.74) is 3.00. The molecule has 0 N–H and O–H groups in total. The van der Waals surface area contributed by atoms with Crippen LogP contribution in [-0.2, 0) is 6.42 Å². The number of rotatable bonds is 3. The molecule has 0 saturated carbocycles. The van der Waals surface area contributed by atoms with Crippen molar-refractivity contribution in [1.29, 1.82) is 0 Å². The van der Waals surface area contributed by atoms with Crippen molar-refractivity contribution >= 4 is 0 Å². The monoisotopic (exact) mass is 217 g/mol. The lowest BCUT2D eigenvalue weighted by Crippen LogP contribution is -2.36. The summed E-state index contributed by atoms with van der Waals surface area (Å²) in [6.07, 6.45) is 4.05. The molecule has 1 nitrogen and oxygen atoms in total. The Balaban J connectivity index is 1.97. The first-order valence-corrected chi connectivity index (χ1v) is 6.56. The van der Waals surface area contributed by atoms with Crippen LogP contribution < -0.4 is 0 Å². The molecule has 1 aromatic carbocycles. The normalized spacial score (nSPS) is 22.2. The lowest BCUT2D eigenvalue weighted by molar-refractivity contribution is 0.182. The third-order valence-electron chi connectivity index (χ3n) is 3.82. The van der Waals surface area contributed by atoms with E-state index < -0.39 is 0 Å². The average Bonchev–Trinajstić information content (AvgIpc) is 2.32. The highest BCUT2D eigenvalue weighted by molar-refractivity contribution is 5.26. The molecule has 16 heavy (non-hydrogen) atoms. The SMILES string of the molecule is CCN1CCCC(Cc2ccccc2C)C1. The topological polar surface area (TPSA) is 3.24 Å². The zero-order valence-electron chi connectivity index (χ0n) is 10.6. The van der Waals surface area contributed by atoms with Gasteiger partial charge in [-0.1, -0.05) is 31.2 Å². The Labute approximate surface area is 99.5 Å². The lowest BCUT2D eigenvalue weighted by atomic mass is 9.90. The predicted octanol–water partition coefficient (Wildman–Crippen LogP) is 3.27. The van der Waals surface area contributed by atoms with E-state index >= 15 is 0 Å². The molecule has 1 fully saturated rings. The summed E-state index contributed by atoms with van der Waals surface area (Å²) in [5.74, 6) is 0.870. The number of benzene rings is 1. The minimum Gasteiger partial charge on any atom is -0.303 e. The van der Waals surface area contributed by atoms with Gasteiger partial charge in [0.15, 0.2) is 0 Å². The Morgan fingerprint density at radius 1 is 1.31 bits per heavy atom. The van der Waals surface area contributed by atoms with Crippen LogP contribution in [0.5, 0.6) is 0 Å². The highest BCUT2D eigenvalue weighted by Crippen LogP contribution is 2.22. The third kappa shape index (κ3) is 2.85. The quantitative estimate of drug-likeness (QED) is 0.751. The van der Waals surface area contributed by atoms with Crippen molar-refractivity contribution in [2.75, 3.05) is 19.6 Å². The van der Waals surface area contributed by atoms with Crippen molar-refractivity contribution in [1.82, 2.24) is 4.90 Å². The van der Waals surface area contributed by atoms with Crippen LogP contribution in [0, 0.1) is 12.8 Å². The molecule has 0 radical (unpaired) electrons. The molecule has 1 aliphatic heterocycles. The Hall–Kier alpha value is -0.820. The molecular weight excluding hydrogens is 194 g/mol. The Morgan fingerprint density at radius 2 is 2.12 bits per heavy atom. The molecule has 1 heteroatoms. The van der Waals surface area contributed by atoms with Crippen LogP contribution in [0.3, 0.4) is 0 Å². The minimum absolute atomic E-state index is 0.870. The summed E-state index contributed by atoms with van der Waals surface area (Å²) >= 11 is 0. The van der Waals surface area contributed by atoms with Gasteiger partial charge in [0.2, 0.25) is 0 Å². The number of nitrogens with zero attached hydrogens (tertiary/aromatic N) is 1. The maximum atomic E-state index is 2.59. The second kappa shape index (κ2) is 5.49. The van der Waals surface area contributed by atoms with Crippen LogP contribution in [0.1, 0.15) is 30.9 Å². The smallest absolute Gasteiger partial charge is 0.00127 e. The van der Waals surface area contributed by atoms with E-state index in [1.807, 2.05) is 0 Å².